The minimum atomic E-state index is -0.251. The summed E-state index contributed by atoms with van der Waals surface area (Å²) >= 11 is 1.38. The third kappa shape index (κ3) is 3.87. The van der Waals surface area contributed by atoms with Gasteiger partial charge in [-0.2, -0.15) is 0 Å². The molecule has 2 aromatic rings. The quantitative estimate of drug-likeness (QED) is 0.680. The lowest BCUT2D eigenvalue weighted by atomic mass is 9.78. The maximum absolute atomic E-state index is 13.3. The largest absolute Gasteiger partial charge is 0.482 e. The minimum Gasteiger partial charge on any atom is -0.482 e. The molecule has 1 saturated carbocycles. The Balaban J connectivity index is 1.39. The molecule has 1 saturated heterocycles. The van der Waals surface area contributed by atoms with Gasteiger partial charge in [0.25, 0.3) is 5.91 Å². The number of ether oxygens (including phenoxy) is 1. The number of piperidine rings is 1. The van der Waals surface area contributed by atoms with Crippen LogP contribution in [0.3, 0.4) is 0 Å². The molecule has 6 nitrogen and oxygen atoms in total. The summed E-state index contributed by atoms with van der Waals surface area (Å²) in [5, 5.41) is 1.86. The molecule has 31 heavy (non-hydrogen) atoms. The van der Waals surface area contributed by atoms with Crippen LogP contribution in [0.15, 0.2) is 35.7 Å². The molecular formula is C24H26N2O4S. The number of nitrogens with zero attached hydrogens (tertiary/aromatic N) is 2. The summed E-state index contributed by atoms with van der Waals surface area (Å²) in [4.78, 5) is 43.0. The number of ketones is 1. The van der Waals surface area contributed by atoms with Crippen molar-refractivity contribution in [3.05, 3.63) is 46.2 Å². The molecule has 7 heteroatoms. The lowest BCUT2D eigenvalue weighted by molar-refractivity contribution is -0.137. The van der Waals surface area contributed by atoms with E-state index in [0.29, 0.717) is 33.8 Å². The standard InChI is InChI=1S/C24H26N2O4S/c27-22(25-11-3-6-16-5-1-2-7-18(16)25)14-26-19-13-17(24(29)21-8-4-12-31-21)9-10-20(19)30-15-23(26)28/h4,8-10,12-13,16,18H,1-3,5-7,11,14-15H2. The highest BCUT2D eigenvalue weighted by molar-refractivity contribution is 7.12. The Labute approximate surface area is 185 Å². The lowest BCUT2D eigenvalue weighted by Crippen LogP contribution is -2.54. The molecule has 2 aliphatic heterocycles. The van der Waals surface area contributed by atoms with Gasteiger partial charge in [-0.3, -0.25) is 19.3 Å². The maximum Gasteiger partial charge on any atom is 0.265 e. The van der Waals surface area contributed by atoms with Crippen molar-refractivity contribution in [2.45, 2.75) is 44.6 Å². The Morgan fingerprint density at radius 1 is 1.10 bits per heavy atom. The predicted octanol–water partition coefficient (Wildman–Crippen LogP) is 3.89. The van der Waals surface area contributed by atoms with Crippen molar-refractivity contribution in [2.75, 3.05) is 24.6 Å². The van der Waals surface area contributed by atoms with E-state index in [-0.39, 0.29) is 30.7 Å². The first-order chi connectivity index (χ1) is 15.1. The fourth-order valence-corrected chi connectivity index (χ4v) is 5.91. The van der Waals surface area contributed by atoms with Gasteiger partial charge < -0.3 is 9.64 Å². The van der Waals surface area contributed by atoms with Crippen molar-refractivity contribution < 1.29 is 19.1 Å². The van der Waals surface area contributed by atoms with Crippen LogP contribution in [0.5, 0.6) is 5.75 Å². The molecule has 162 valence electrons. The molecule has 1 aromatic heterocycles. The lowest BCUT2D eigenvalue weighted by Gasteiger charge is -2.44. The number of benzene rings is 1. The van der Waals surface area contributed by atoms with Gasteiger partial charge in [-0.25, -0.2) is 0 Å². The zero-order valence-electron chi connectivity index (χ0n) is 17.4. The minimum absolute atomic E-state index is 0.00490. The second-order valence-electron chi connectivity index (χ2n) is 8.60. The van der Waals surface area contributed by atoms with Gasteiger partial charge in [0.1, 0.15) is 12.3 Å². The van der Waals surface area contributed by atoms with E-state index >= 15 is 0 Å². The fraction of sp³-hybridized carbons (Fsp3) is 0.458. The Hall–Kier alpha value is -2.67. The molecule has 2 atom stereocenters. The van der Waals surface area contributed by atoms with Gasteiger partial charge in [0.05, 0.1) is 10.6 Å². The molecule has 5 rings (SSSR count). The highest BCUT2D eigenvalue weighted by Gasteiger charge is 2.37. The van der Waals surface area contributed by atoms with Crippen LogP contribution in [0, 0.1) is 5.92 Å². The molecular weight excluding hydrogens is 412 g/mol. The zero-order valence-corrected chi connectivity index (χ0v) is 18.2. The number of hydrogen-bond acceptors (Lipinski definition) is 5. The molecule has 1 aliphatic carbocycles. The number of carbonyl (C=O) groups excluding carboxylic acids is 3. The van der Waals surface area contributed by atoms with E-state index in [2.05, 4.69) is 0 Å². The van der Waals surface area contributed by atoms with Crippen molar-refractivity contribution in [1.29, 1.82) is 0 Å². The number of fused-ring (bicyclic) bond motifs is 2. The summed E-state index contributed by atoms with van der Waals surface area (Å²) in [6.07, 6.45) is 6.89. The van der Waals surface area contributed by atoms with Gasteiger partial charge in [-0.15, -0.1) is 11.3 Å². The van der Waals surface area contributed by atoms with Crippen LogP contribution in [-0.2, 0) is 9.59 Å². The fourth-order valence-electron chi connectivity index (χ4n) is 5.23. The summed E-state index contributed by atoms with van der Waals surface area (Å²) in [7, 11) is 0. The molecule has 0 radical (unpaired) electrons. The number of rotatable bonds is 4. The Bertz CT molecular complexity index is 1000. The van der Waals surface area contributed by atoms with Crippen molar-refractivity contribution in [2.24, 2.45) is 5.92 Å². The molecule has 2 amide bonds. The van der Waals surface area contributed by atoms with Crippen LogP contribution in [0.4, 0.5) is 5.69 Å². The first-order valence-corrected chi connectivity index (χ1v) is 11.9. The van der Waals surface area contributed by atoms with Gasteiger partial charge in [0.2, 0.25) is 11.7 Å². The van der Waals surface area contributed by atoms with Crippen LogP contribution >= 0.6 is 11.3 Å². The smallest absolute Gasteiger partial charge is 0.265 e. The van der Waals surface area contributed by atoms with Crippen LogP contribution < -0.4 is 9.64 Å². The second kappa shape index (κ2) is 8.46. The molecule has 1 aromatic carbocycles. The van der Waals surface area contributed by atoms with E-state index in [1.54, 1.807) is 24.3 Å². The van der Waals surface area contributed by atoms with Crippen LogP contribution in [-0.4, -0.2) is 48.2 Å². The molecule has 0 bridgehead atoms. The van der Waals surface area contributed by atoms with Crippen LogP contribution in [0.2, 0.25) is 0 Å². The number of anilines is 1. The van der Waals surface area contributed by atoms with Crippen LogP contribution in [0.25, 0.3) is 0 Å². The summed E-state index contributed by atoms with van der Waals surface area (Å²) in [5.41, 5.74) is 0.992. The molecule has 2 unspecified atom stereocenters. The van der Waals surface area contributed by atoms with E-state index in [1.165, 1.54) is 41.9 Å². The zero-order chi connectivity index (χ0) is 21.4. The van der Waals surface area contributed by atoms with E-state index in [9.17, 15) is 14.4 Å². The van der Waals surface area contributed by atoms with E-state index < -0.39 is 0 Å². The Morgan fingerprint density at radius 2 is 1.94 bits per heavy atom. The van der Waals surface area contributed by atoms with Crippen molar-refractivity contribution in [1.82, 2.24) is 4.90 Å². The Kier molecular flexibility index (Phi) is 5.52. The summed E-state index contributed by atoms with van der Waals surface area (Å²) in [5.74, 6) is 0.771. The predicted molar refractivity (Wildman–Crippen MR) is 119 cm³/mol. The monoisotopic (exact) mass is 438 g/mol. The molecule has 3 aliphatic rings. The Morgan fingerprint density at radius 3 is 2.77 bits per heavy atom. The van der Waals surface area contributed by atoms with E-state index in [4.69, 9.17) is 4.74 Å². The van der Waals surface area contributed by atoms with E-state index in [0.717, 1.165) is 19.4 Å². The van der Waals surface area contributed by atoms with Gasteiger partial charge in [-0.1, -0.05) is 18.9 Å². The number of hydrogen-bond donors (Lipinski definition) is 0. The van der Waals surface area contributed by atoms with Crippen molar-refractivity contribution >= 4 is 34.6 Å². The van der Waals surface area contributed by atoms with Gasteiger partial charge >= 0.3 is 0 Å². The SMILES string of the molecule is O=C(c1ccc2c(c1)N(CC(=O)N1CCCC3CCCCC31)C(=O)CO2)c1cccs1. The normalized spacial score (nSPS) is 23.0. The van der Waals surface area contributed by atoms with Crippen molar-refractivity contribution in [3.8, 4) is 5.75 Å². The second-order valence-corrected chi connectivity index (χ2v) is 9.55. The molecule has 2 fully saturated rings. The first-order valence-electron chi connectivity index (χ1n) is 11.1. The average Bonchev–Trinajstić information content (AvgIpc) is 3.34. The number of amides is 2. The van der Waals surface area contributed by atoms with Gasteiger partial charge in [-0.05, 0) is 61.2 Å². The molecule has 0 spiro atoms. The third-order valence-corrected chi connectivity index (χ3v) is 7.63. The highest BCUT2D eigenvalue weighted by atomic mass is 32.1. The van der Waals surface area contributed by atoms with Crippen LogP contribution in [0.1, 0.15) is 53.8 Å². The van der Waals surface area contributed by atoms with Gasteiger partial charge in [0.15, 0.2) is 6.61 Å². The maximum atomic E-state index is 13.3. The van der Waals surface area contributed by atoms with Crippen molar-refractivity contribution in [3.63, 3.8) is 0 Å². The number of carbonyl (C=O) groups is 3. The third-order valence-electron chi connectivity index (χ3n) is 6.77. The summed E-state index contributed by atoms with van der Waals surface area (Å²) in [6, 6.07) is 9.04. The summed E-state index contributed by atoms with van der Waals surface area (Å²) < 4.78 is 5.58. The molecule has 0 N–H and O–H groups in total. The van der Waals surface area contributed by atoms with E-state index in [1.807, 2.05) is 16.3 Å². The summed E-state index contributed by atoms with van der Waals surface area (Å²) in [6.45, 7) is 0.669. The number of thiophene rings is 1. The first kappa shape index (κ1) is 20.2. The highest BCUT2D eigenvalue weighted by Crippen LogP contribution is 2.37. The topological polar surface area (TPSA) is 66.9 Å². The average molecular weight is 439 g/mol. The van der Waals surface area contributed by atoms with Gasteiger partial charge in [0, 0.05) is 18.2 Å². The molecule has 3 heterocycles. The number of likely N-dealkylation sites (tertiary alicyclic amines) is 1.